The number of carbonyl (C=O) groups excluding carboxylic acids is 2. The van der Waals surface area contributed by atoms with Crippen molar-refractivity contribution < 1.29 is 33.3 Å². The predicted molar refractivity (Wildman–Crippen MR) is 193 cm³/mol. The van der Waals surface area contributed by atoms with Gasteiger partial charge in [-0.15, -0.1) is 11.3 Å². The van der Waals surface area contributed by atoms with Crippen LogP contribution in [-0.4, -0.2) is 62.0 Å². The van der Waals surface area contributed by atoms with E-state index in [1.807, 2.05) is 63.4 Å². The van der Waals surface area contributed by atoms with Crippen LogP contribution >= 0.6 is 11.3 Å². The van der Waals surface area contributed by atoms with Crippen LogP contribution in [0.2, 0.25) is 0 Å². The summed E-state index contributed by atoms with van der Waals surface area (Å²) >= 11 is 1.62. The first kappa shape index (κ1) is 40.4. The van der Waals surface area contributed by atoms with Gasteiger partial charge < -0.3 is 30.0 Å². The standard InChI is InChI=1S/C37H50FN5O6S/c1-6-25(4)35(37(46)40-21-26-10-13-28(38)14-11-26)41-36(45)30(24(2)3)20-32(44)31(42-43-39)23-48-22-27-12-15-29(34-9-7-18-50-34)33(19-27)49-17-8-16-47-5/h7,9-15,18-19,24-25,30-32,35,44H,6,8,16-17,20-23H2,1-5H3,(H,40,46)(H,41,45). The zero-order valence-corrected chi connectivity index (χ0v) is 30.3. The molecule has 0 saturated carbocycles. The maximum atomic E-state index is 13.6. The molecule has 0 radical (unpaired) electrons. The number of thiophene rings is 1. The van der Waals surface area contributed by atoms with Gasteiger partial charge in [0.05, 0.1) is 32.0 Å². The quantitative estimate of drug-likeness (QED) is 0.0440. The summed E-state index contributed by atoms with van der Waals surface area (Å²) in [5.41, 5.74) is 11.8. The van der Waals surface area contributed by atoms with E-state index in [0.29, 0.717) is 19.6 Å². The smallest absolute Gasteiger partial charge is 0.243 e. The van der Waals surface area contributed by atoms with Crippen molar-refractivity contribution in [3.05, 3.63) is 87.4 Å². The van der Waals surface area contributed by atoms with Crippen LogP contribution in [0.5, 0.6) is 5.75 Å². The number of benzene rings is 2. The first-order valence-electron chi connectivity index (χ1n) is 17.0. The van der Waals surface area contributed by atoms with Crippen LogP contribution in [0.1, 0.15) is 58.1 Å². The molecule has 0 aliphatic carbocycles. The van der Waals surface area contributed by atoms with Crippen LogP contribution in [0.3, 0.4) is 0 Å². The summed E-state index contributed by atoms with van der Waals surface area (Å²) in [6, 6.07) is 13.9. The predicted octanol–water partition coefficient (Wildman–Crippen LogP) is 7.04. The maximum absolute atomic E-state index is 13.6. The number of amides is 2. The van der Waals surface area contributed by atoms with Crippen molar-refractivity contribution in [1.29, 1.82) is 0 Å². The van der Waals surface area contributed by atoms with Crippen molar-refractivity contribution in [2.75, 3.05) is 26.9 Å². The van der Waals surface area contributed by atoms with Gasteiger partial charge in [-0.05, 0) is 70.6 Å². The van der Waals surface area contributed by atoms with Crippen LogP contribution in [0.4, 0.5) is 4.39 Å². The van der Waals surface area contributed by atoms with E-state index in [1.54, 1.807) is 30.6 Å². The van der Waals surface area contributed by atoms with Gasteiger partial charge in [0.2, 0.25) is 11.8 Å². The van der Waals surface area contributed by atoms with Crippen LogP contribution in [-0.2, 0) is 32.2 Å². The van der Waals surface area contributed by atoms with E-state index in [0.717, 1.165) is 33.7 Å². The molecule has 0 saturated heterocycles. The topological polar surface area (TPSA) is 155 Å². The zero-order valence-electron chi connectivity index (χ0n) is 29.5. The summed E-state index contributed by atoms with van der Waals surface area (Å²) in [4.78, 5) is 30.8. The molecule has 50 heavy (non-hydrogen) atoms. The molecular formula is C37H50FN5O6S. The molecular weight excluding hydrogens is 662 g/mol. The van der Waals surface area contributed by atoms with Gasteiger partial charge in [-0.25, -0.2) is 4.39 Å². The maximum Gasteiger partial charge on any atom is 0.243 e. The van der Waals surface area contributed by atoms with E-state index in [4.69, 9.17) is 14.2 Å². The van der Waals surface area contributed by atoms with E-state index >= 15 is 0 Å². The van der Waals surface area contributed by atoms with E-state index in [2.05, 4.69) is 20.7 Å². The molecule has 13 heteroatoms. The first-order chi connectivity index (χ1) is 24.1. The van der Waals surface area contributed by atoms with Crippen molar-refractivity contribution in [1.82, 2.24) is 10.6 Å². The van der Waals surface area contributed by atoms with Gasteiger partial charge in [-0.3, -0.25) is 9.59 Å². The third-order valence-corrected chi connectivity index (χ3v) is 9.50. The Hall–Kier alpha value is -4.00. The van der Waals surface area contributed by atoms with Gasteiger partial charge in [0, 0.05) is 48.0 Å². The monoisotopic (exact) mass is 711 g/mol. The third-order valence-electron chi connectivity index (χ3n) is 8.59. The van der Waals surface area contributed by atoms with Gasteiger partial charge in [0.25, 0.3) is 0 Å². The summed E-state index contributed by atoms with van der Waals surface area (Å²) in [5.74, 6) is -1.43. The molecule has 3 N–H and O–H groups in total. The molecule has 11 nitrogen and oxygen atoms in total. The second kappa shape index (κ2) is 21.3. The van der Waals surface area contributed by atoms with E-state index in [1.165, 1.54) is 12.1 Å². The molecule has 0 aliphatic heterocycles. The molecule has 5 atom stereocenters. The lowest BCUT2D eigenvalue weighted by molar-refractivity contribution is -0.134. The highest BCUT2D eigenvalue weighted by atomic mass is 32.1. The number of halogens is 1. The number of ether oxygens (including phenoxy) is 3. The van der Waals surface area contributed by atoms with Crippen molar-refractivity contribution in [2.24, 2.45) is 22.9 Å². The van der Waals surface area contributed by atoms with E-state index in [-0.39, 0.29) is 55.6 Å². The molecule has 272 valence electrons. The minimum absolute atomic E-state index is 0.00402. The number of aliphatic hydroxyl groups is 1. The molecule has 3 aromatic rings. The number of hydrogen-bond acceptors (Lipinski definition) is 8. The molecule has 0 bridgehead atoms. The minimum atomic E-state index is -1.18. The lowest BCUT2D eigenvalue weighted by atomic mass is 9.86. The number of methoxy groups -OCH3 is 1. The lowest BCUT2D eigenvalue weighted by Gasteiger charge is -2.29. The van der Waals surface area contributed by atoms with Gasteiger partial charge in [-0.2, -0.15) is 0 Å². The Morgan fingerprint density at radius 1 is 1.06 bits per heavy atom. The first-order valence-corrected chi connectivity index (χ1v) is 17.9. The summed E-state index contributed by atoms with van der Waals surface area (Å²) < 4.78 is 30.4. The number of rotatable bonds is 22. The molecule has 1 heterocycles. The Kier molecular flexibility index (Phi) is 17.2. The van der Waals surface area contributed by atoms with Crippen molar-refractivity contribution >= 4 is 23.2 Å². The normalized spacial score (nSPS) is 14.2. The molecule has 0 aliphatic rings. The van der Waals surface area contributed by atoms with Crippen LogP contribution in [0.25, 0.3) is 20.9 Å². The molecule has 0 spiro atoms. The Morgan fingerprint density at radius 2 is 1.80 bits per heavy atom. The molecule has 2 aromatic carbocycles. The molecule has 5 unspecified atom stereocenters. The fourth-order valence-electron chi connectivity index (χ4n) is 5.34. The summed E-state index contributed by atoms with van der Waals surface area (Å²) in [6.45, 7) is 8.90. The minimum Gasteiger partial charge on any atom is -0.493 e. The third kappa shape index (κ3) is 12.7. The van der Waals surface area contributed by atoms with Crippen molar-refractivity contribution in [3.63, 3.8) is 0 Å². The van der Waals surface area contributed by atoms with E-state index in [9.17, 15) is 24.6 Å². The second-order valence-electron chi connectivity index (χ2n) is 12.7. The Morgan fingerprint density at radius 3 is 2.44 bits per heavy atom. The number of nitrogens with one attached hydrogen (secondary N) is 2. The van der Waals surface area contributed by atoms with Gasteiger partial charge in [0.1, 0.15) is 17.6 Å². The van der Waals surface area contributed by atoms with Crippen LogP contribution in [0.15, 0.2) is 65.1 Å². The number of carbonyl (C=O) groups is 2. The van der Waals surface area contributed by atoms with Crippen molar-refractivity contribution in [2.45, 2.75) is 78.3 Å². The highest BCUT2D eigenvalue weighted by molar-refractivity contribution is 7.13. The average molecular weight is 712 g/mol. The highest BCUT2D eigenvalue weighted by Gasteiger charge is 2.33. The molecule has 2 amide bonds. The summed E-state index contributed by atoms with van der Waals surface area (Å²) in [6.07, 6.45) is 0.193. The number of aliphatic hydroxyl groups excluding tert-OH is 1. The lowest BCUT2D eigenvalue weighted by Crippen LogP contribution is -2.52. The van der Waals surface area contributed by atoms with Gasteiger partial charge >= 0.3 is 0 Å². The largest absolute Gasteiger partial charge is 0.493 e. The van der Waals surface area contributed by atoms with Gasteiger partial charge in [-0.1, -0.05) is 63.5 Å². The SMILES string of the molecule is CCC(C)C(NC(=O)C(CC(O)C(COCc1ccc(-c2cccs2)c(OCCCOC)c1)N=[N+]=[N-])C(C)C)C(=O)NCc1ccc(F)cc1. The fourth-order valence-corrected chi connectivity index (χ4v) is 6.10. The average Bonchev–Trinajstić information content (AvgIpc) is 3.65. The van der Waals surface area contributed by atoms with Crippen LogP contribution in [0, 0.1) is 23.6 Å². The molecule has 3 rings (SSSR count). The Balaban J connectivity index is 1.63. The number of nitrogens with zero attached hydrogens (tertiary/aromatic N) is 3. The molecule has 0 fully saturated rings. The number of hydrogen-bond donors (Lipinski definition) is 3. The number of azide groups is 1. The highest BCUT2D eigenvalue weighted by Crippen LogP contribution is 2.34. The van der Waals surface area contributed by atoms with Gasteiger partial charge in [0.15, 0.2) is 0 Å². The second-order valence-corrected chi connectivity index (χ2v) is 13.6. The van der Waals surface area contributed by atoms with E-state index < -0.39 is 24.1 Å². The Bertz CT molecular complexity index is 1520. The summed E-state index contributed by atoms with van der Waals surface area (Å²) in [7, 11) is 1.65. The fraction of sp³-hybridized carbons (Fsp3) is 0.514. The zero-order chi connectivity index (χ0) is 36.5. The molecule has 1 aromatic heterocycles. The summed E-state index contributed by atoms with van der Waals surface area (Å²) in [5, 5.41) is 22.7. The van der Waals surface area contributed by atoms with Crippen LogP contribution < -0.4 is 15.4 Å². The Labute approximate surface area is 298 Å². The van der Waals surface area contributed by atoms with Crippen molar-refractivity contribution in [3.8, 4) is 16.2 Å².